The van der Waals surface area contributed by atoms with Crippen LogP contribution in [0.4, 0.5) is 4.79 Å². The molecule has 0 unspecified atom stereocenters. The van der Waals surface area contributed by atoms with Gasteiger partial charge in [0.2, 0.25) is 0 Å². The first-order valence-corrected chi connectivity index (χ1v) is 6.12. The molecule has 0 spiro atoms. The highest BCUT2D eigenvalue weighted by molar-refractivity contribution is 7.60. The second kappa shape index (κ2) is 5.63. The summed E-state index contributed by atoms with van der Waals surface area (Å²) in [6.45, 7) is 6.72. The van der Waals surface area contributed by atoms with Gasteiger partial charge in [0, 0.05) is 13.1 Å². The van der Waals surface area contributed by atoms with E-state index >= 15 is 0 Å². The Hall–Kier alpha value is -0.620. The molecule has 1 amide bonds. The van der Waals surface area contributed by atoms with Crippen LogP contribution in [0.1, 0.15) is 33.6 Å². The summed E-state index contributed by atoms with van der Waals surface area (Å²) in [5, 5.41) is 0. The van der Waals surface area contributed by atoms with E-state index in [1.165, 1.54) is 0 Å². The summed E-state index contributed by atoms with van der Waals surface area (Å²) in [5.41, 5.74) is -0.460. The van der Waals surface area contributed by atoms with Crippen LogP contribution in [0.2, 0.25) is 0 Å². The minimum atomic E-state index is -0.460. The number of carbonyl (C=O) groups is 1. The first-order chi connectivity index (χ1) is 7.42. The number of hydrogen-bond donors (Lipinski definition) is 1. The molecule has 0 aromatic carbocycles. The van der Waals surface area contributed by atoms with Crippen LogP contribution in [0, 0.1) is 0 Å². The number of amides is 1. The molecule has 1 aliphatic heterocycles. The third-order valence-electron chi connectivity index (χ3n) is 2.29. The maximum atomic E-state index is 11.7. The van der Waals surface area contributed by atoms with E-state index in [0.717, 1.165) is 0 Å². The lowest BCUT2D eigenvalue weighted by atomic mass is 10.1. The Balaban J connectivity index is 2.36. The van der Waals surface area contributed by atoms with Gasteiger partial charge in [0.25, 0.3) is 0 Å². The molecule has 0 radical (unpaired) electrons. The molecule has 0 bridgehead atoms. The first-order valence-electron chi connectivity index (χ1n) is 5.39. The topological polar surface area (TPSA) is 55.8 Å². The minimum absolute atomic E-state index is 0.0159. The highest BCUT2D eigenvalue weighted by Gasteiger charge is 2.27. The first kappa shape index (κ1) is 13.4. The van der Waals surface area contributed by atoms with Gasteiger partial charge in [0.05, 0.1) is 6.10 Å². The molecule has 0 aliphatic carbocycles. The standard InChI is InChI=1S/C10H19NO4S/c1-10(2,3)14-9(12)11-6-4-8(5-7-11)15-16-13/h8,16H,4-7H2,1-3H3. The molecule has 0 aromatic heterocycles. The lowest BCUT2D eigenvalue weighted by molar-refractivity contribution is 0.0140. The number of likely N-dealkylation sites (tertiary alicyclic amines) is 1. The smallest absolute Gasteiger partial charge is 0.410 e. The normalized spacial score (nSPS) is 18.6. The highest BCUT2D eigenvalue weighted by atomic mass is 32.2. The van der Waals surface area contributed by atoms with Crippen LogP contribution >= 0.6 is 0 Å². The largest absolute Gasteiger partial charge is 0.444 e. The van der Waals surface area contributed by atoms with Gasteiger partial charge >= 0.3 is 6.09 Å². The fourth-order valence-electron chi connectivity index (χ4n) is 1.53. The molecule has 1 aliphatic rings. The molecule has 1 fully saturated rings. The van der Waals surface area contributed by atoms with Crippen LogP contribution in [-0.2, 0) is 20.9 Å². The number of thiol groups is 1. The number of hydrogen-bond acceptors (Lipinski definition) is 4. The van der Waals surface area contributed by atoms with Crippen molar-refractivity contribution in [2.75, 3.05) is 13.1 Å². The van der Waals surface area contributed by atoms with Gasteiger partial charge in [0.15, 0.2) is 0 Å². The molecular formula is C10H19NO4S. The molecule has 16 heavy (non-hydrogen) atoms. The predicted molar refractivity (Wildman–Crippen MR) is 61.5 cm³/mol. The Bertz CT molecular complexity index is 256. The Morgan fingerprint density at radius 3 is 2.31 bits per heavy atom. The van der Waals surface area contributed by atoms with E-state index in [0.29, 0.717) is 25.9 Å². The quantitative estimate of drug-likeness (QED) is 0.749. The molecule has 1 rings (SSSR count). The van der Waals surface area contributed by atoms with Gasteiger partial charge in [-0.15, -0.1) is 0 Å². The van der Waals surface area contributed by atoms with Crippen molar-refractivity contribution < 1.29 is 17.9 Å². The van der Waals surface area contributed by atoms with Crippen molar-refractivity contribution >= 4 is 18.0 Å². The zero-order valence-electron chi connectivity index (χ0n) is 9.93. The van der Waals surface area contributed by atoms with E-state index in [2.05, 4.69) is 0 Å². The van der Waals surface area contributed by atoms with Crippen LogP contribution in [0.3, 0.4) is 0 Å². The van der Waals surface area contributed by atoms with Crippen molar-refractivity contribution in [1.82, 2.24) is 4.90 Å². The maximum Gasteiger partial charge on any atom is 0.410 e. The van der Waals surface area contributed by atoms with Gasteiger partial charge in [-0.2, -0.15) is 0 Å². The fourth-order valence-corrected chi connectivity index (χ4v) is 1.86. The average molecular weight is 249 g/mol. The van der Waals surface area contributed by atoms with E-state index in [9.17, 15) is 9.00 Å². The molecule has 94 valence electrons. The van der Waals surface area contributed by atoms with Gasteiger partial charge < -0.3 is 9.64 Å². The van der Waals surface area contributed by atoms with E-state index in [-0.39, 0.29) is 24.1 Å². The third-order valence-corrected chi connectivity index (χ3v) is 2.67. The Morgan fingerprint density at radius 1 is 1.31 bits per heavy atom. The summed E-state index contributed by atoms with van der Waals surface area (Å²) >= 11 is -0.288. The van der Waals surface area contributed by atoms with Gasteiger partial charge in [-0.3, -0.25) is 4.18 Å². The lowest BCUT2D eigenvalue weighted by Crippen LogP contribution is -2.43. The Morgan fingerprint density at radius 2 is 1.88 bits per heavy atom. The second-order valence-electron chi connectivity index (χ2n) is 4.85. The third kappa shape index (κ3) is 4.49. The van der Waals surface area contributed by atoms with Crippen LogP contribution in [0.5, 0.6) is 0 Å². The Kier molecular flexibility index (Phi) is 4.73. The summed E-state index contributed by atoms with van der Waals surface area (Å²) in [6, 6.07) is 0. The van der Waals surface area contributed by atoms with Crippen LogP contribution in [-0.4, -0.2) is 40.0 Å². The minimum Gasteiger partial charge on any atom is -0.444 e. The van der Waals surface area contributed by atoms with Crippen LogP contribution < -0.4 is 0 Å². The van der Waals surface area contributed by atoms with Crippen molar-refractivity contribution in [2.24, 2.45) is 0 Å². The van der Waals surface area contributed by atoms with Gasteiger partial charge in [-0.05, 0) is 33.6 Å². The van der Waals surface area contributed by atoms with Crippen molar-refractivity contribution in [2.45, 2.75) is 45.3 Å². The van der Waals surface area contributed by atoms with Gasteiger partial charge in [0.1, 0.15) is 17.5 Å². The molecule has 0 atom stereocenters. The van der Waals surface area contributed by atoms with Crippen LogP contribution in [0.15, 0.2) is 0 Å². The SMILES string of the molecule is CC(C)(C)OC(=O)N1CCC(O[SH]=O)CC1. The molecule has 0 N–H and O–H groups in total. The zero-order chi connectivity index (χ0) is 12.2. The summed E-state index contributed by atoms with van der Waals surface area (Å²) < 4.78 is 20.5. The van der Waals surface area contributed by atoms with Gasteiger partial charge in [-0.25, -0.2) is 9.00 Å². The molecule has 1 heterocycles. The second-order valence-corrected chi connectivity index (χ2v) is 5.21. The molecule has 6 heteroatoms. The van der Waals surface area contributed by atoms with Crippen LogP contribution in [0.25, 0.3) is 0 Å². The molecule has 0 saturated carbocycles. The lowest BCUT2D eigenvalue weighted by Gasteiger charge is -2.32. The van der Waals surface area contributed by atoms with Crippen molar-refractivity contribution in [3.63, 3.8) is 0 Å². The summed E-state index contributed by atoms with van der Waals surface area (Å²) in [6.07, 6.45) is 1.10. The van der Waals surface area contributed by atoms with E-state index in [1.54, 1.807) is 4.90 Å². The number of nitrogens with zero attached hydrogens (tertiary/aromatic N) is 1. The highest BCUT2D eigenvalue weighted by Crippen LogP contribution is 2.16. The van der Waals surface area contributed by atoms with E-state index < -0.39 is 5.60 Å². The monoisotopic (exact) mass is 249 g/mol. The van der Waals surface area contributed by atoms with E-state index in [1.807, 2.05) is 20.8 Å². The number of piperidine rings is 1. The number of ether oxygens (including phenoxy) is 1. The molecule has 1 saturated heterocycles. The summed E-state index contributed by atoms with van der Waals surface area (Å²) in [4.78, 5) is 13.3. The number of carbonyl (C=O) groups excluding carboxylic acids is 1. The van der Waals surface area contributed by atoms with Crippen molar-refractivity contribution in [3.8, 4) is 0 Å². The fraction of sp³-hybridized carbons (Fsp3) is 0.900. The predicted octanol–water partition coefficient (Wildman–Crippen LogP) is 1.26. The summed E-state index contributed by atoms with van der Waals surface area (Å²) in [5.74, 6) is 0. The Labute approximate surface area is 99.8 Å². The van der Waals surface area contributed by atoms with Crippen molar-refractivity contribution in [3.05, 3.63) is 0 Å². The molecule has 5 nitrogen and oxygen atoms in total. The average Bonchev–Trinajstić information content (AvgIpc) is 2.16. The van der Waals surface area contributed by atoms with E-state index in [4.69, 9.17) is 8.92 Å². The molecular weight excluding hydrogens is 230 g/mol. The maximum absolute atomic E-state index is 11.7. The molecule has 0 aromatic rings. The zero-order valence-corrected chi connectivity index (χ0v) is 10.8. The van der Waals surface area contributed by atoms with Gasteiger partial charge in [-0.1, -0.05) is 0 Å². The summed E-state index contributed by atoms with van der Waals surface area (Å²) in [7, 11) is 0. The number of rotatable bonds is 2. The van der Waals surface area contributed by atoms with Crippen molar-refractivity contribution in [1.29, 1.82) is 0 Å².